The van der Waals surface area contributed by atoms with E-state index >= 15 is 0 Å². The fraction of sp³-hybridized carbons (Fsp3) is 0.500. The molecule has 0 unspecified atom stereocenters. The SMILES string of the molecule is CC(=O)Oc1nc(N2CCOCC2)cc(=O)[nH]1.[H-].[Li+]. The van der Waals surface area contributed by atoms with Crippen molar-refractivity contribution in [3.8, 4) is 6.01 Å². The van der Waals surface area contributed by atoms with E-state index < -0.39 is 5.97 Å². The molecule has 0 spiro atoms. The molecule has 2 heterocycles. The molecule has 18 heavy (non-hydrogen) atoms. The Kier molecular flexibility index (Phi) is 5.41. The van der Waals surface area contributed by atoms with Crippen molar-refractivity contribution in [2.75, 3.05) is 31.2 Å². The molecule has 1 aliphatic rings. The Hall–Kier alpha value is -1.29. The van der Waals surface area contributed by atoms with E-state index in [9.17, 15) is 9.59 Å². The van der Waals surface area contributed by atoms with Crippen molar-refractivity contribution >= 4 is 11.8 Å². The number of morpholine rings is 1. The monoisotopic (exact) mass is 247 g/mol. The van der Waals surface area contributed by atoms with E-state index in [-0.39, 0.29) is 31.9 Å². The van der Waals surface area contributed by atoms with Crippen LogP contribution in [0.4, 0.5) is 5.82 Å². The third-order valence-electron chi connectivity index (χ3n) is 2.28. The van der Waals surface area contributed by atoms with Crippen molar-refractivity contribution in [3.63, 3.8) is 0 Å². The van der Waals surface area contributed by atoms with Gasteiger partial charge in [0.25, 0.3) is 5.56 Å². The van der Waals surface area contributed by atoms with E-state index in [4.69, 9.17) is 9.47 Å². The minimum atomic E-state index is -0.521. The van der Waals surface area contributed by atoms with Gasteiger partial charge >= 0.3 is 30.8 Å². The summed E-state index contributed by atoms with van der Waals surface area (Å²) in [5.74, 6) is -0.0272. The van der Waals surface area contributed by atoms with E-state index in [2.05, 4.69) is 9.97 Å². The molecule has 7 nitrogen and oxygen atoms in total. The summed E-state index contributed by atoms with van der Waals surface area (Å²) in [7, 11) is 0. The average molecular weight is 247 g/mol. The van der Waals surface area contributed by atoms with Crippen molar-refractivity contribution in [2.45, 2.75) is 6.92 Å². The first-order chi connectivity index (χ1) is 8.15. The second-order valence-electron chi connectivity index (χ2n) is 3.60. The molecule has 1 aromatic heterocycles. The molecule has 1 N–H and O–H groups in total. The van der Waals surface area contributed by atoms with E-state index in [1.54, 1.807) is 0 Å². The first kappa shape index (κ1) is 14.8. The quantitative estimate of drug-likeness (QED) is 0.434. The predicted molar refractivity (Wildman–Crippen MR) is 60.3 cm³/mol. The van der Waals surface area contributed by atoms with Crippen LogP contribution in [0.3, 0.4) is 0 Å². The van der Waals surface area contributed by atoms with Gasteiger partial charge in [-0.15, -0.1) is 0 Å². The molecule has 94 valence electrons. The second kappa shape index (κ2) is 6.59. The fourth-order valence-electron chi connectivity index (χ4n) is 1.56. The Bertz CT molecular complexity index is 476. The van der Waals surface area contributed by atoms with E-state index in [1.807, 2.05) is 4.90 Å². The number of aromatic nitrogens is 2. The van der Waals surface area contributed by atoms with E-state index in [1.165, 1.54) is 13.0 Å². The third kappa shape index (κ3) is 3.87. The Morgan fingerprint density at radius 1 is 1.56 bits per heavy atom. The maximum absolute atomic E-state index is 11.4. The van der Waals surface area contributed by atoms with Gasteiger partial charge in [-0.3, -0.25) is 14.6 Å². The number of anilines is 1. The number of carbonyl (C=O) groups is 1. The van der Waals surface area contributed by atoms with Gasteiger partial charge in [0.15, 0.2) is 0 Å². The number of nitrogens with one attached hydrogen (secondary N) is 1. The Morgan fingerprint density at radius 2 is 2.22 bits per heavy atom. The van der Waals surface area contributed by atoms with Crippen LogP contribution in [0.25, 0.3) is 0 Å². The summed E-state index contributed by atoms with van der Waals surface area (Å²) in [4.78, 5) is 30.5. The van der Waals surface area contributed by atoms with Crippen molar-refractivity contribution < 1.29 is 34.6 Å². The van der Waals surface area contributed by atoms with Gasteiger partial charge in [0.05, 0.1) is 13.2 Å². The Balaban J connectivity index is 0.00000162. The molecule has 0 amide bonds. The smallest absolute Gasteiger partial charge is 1.00 e. The van der Waals surface area contributed by atoms with Gasteiger partial charge in [-0.2, -0.15) is 4.98 Å². The van der Waals surface area contributed by atoms with Crippen LogP contribution >= 0.6 is 0 Å². The summed E-state index contributed by atoms with van der Waals surface area (Å²) in [6, 6.07) is 1.30. The molecular weight excluding hydrogens is 233 g/mol. The minimum absolute atomic E-state index is 0. The van der Waals surface area contributed by atoms with Gasteiger partial charge < -0.3 is 15.8 Å². The zero-order chi connectivity index (χ0) is 12.3. The Labute approximate surface area is 117 Å². The van der Waals surface area contributed by atoms with Crippen LogP contribution in [0.2, 0.25) is 0 Å². The van der Waals surface area contributed by atoms with Gasteiger partial charge in [-0.25, -0.2) is 0 Å². The van der Waals surface area contributed by atoms with Crippen LogP contribution in [-0.2, 0) is 9.53 Å². The first-order valence-electron chi connectivity index (χ1n) is 5.27. The van der Waals surface area contributed by atoms with Gasteiger partial charge in [0, 0.05) is 26.1 Å². The number of hydrogen-bond donors (Lipinski definition) is 1. The van der Waals surface area contributed by atoms with Gasteiger partial charge in [0.1, 0.15) is 5.82 Å². The van der Waals surface area contributed by atoms with Crippen LogP contribution in [0.1, 0.15) is 8.35 Å². The van der Waals surface area contributed by atoms with Crippen molar-refractivity contribution in [1.29, 1.82) is 0 Å². The standard InChI is InChI=1S/C10H13N3O4.Li.H/c1-7(14)17-10-11-8(6-9(15)12-10)13-2-4-16-5-3-13;;/h6H,2-5H2,1H3,(H,11,12,15);;/q;+1;-1. The Morgan fingerprint density at radius 3 is 2.83 bits per heavy atom. The zero-order valence-electron chi connectivity index (χ0n) is 11.4. The molecule has 0 radical (unpaired) electrons. The van der Waals surface area contributed by atoms with Crippen LogP contribution in [0.15, 0.2) is 10.9 Å². The molecule has 0 atom stereocenters. The molecule has 0 aromatic carbocycles. The number of hydrogen-bond acceptors (Lipinski definition) is 6. The number of aromatic amines is 1. The number of H-pyrrole nitrogens is 1. The molecule has 1 aliphatic heterocycles. The molecule has 2 rings (SSSR count). The summed E-state index contributed by atoms with van der Waals surface area (Å²) >= 11 is 0. The number of esters is 1. The zero-order valence-corrected chi connectivity index (χ0v) is 10.4. The molecule has 0 aliphatic carbocycles. The maximum atomic E-state index is 11.4. The van der Waals surface area contributed by atoms with Gasteiger partial charge in [0.2, 0.25) is 0 Å². The summed E-state index contributed by atoms with van der Waals surface area (Å²) in [6.45, 7) is 3.77. The van der Waals surface area contributed by atoms with Crippen molar-refractivity contribution in [2.24, 2.45) is 0 Å². The topological polar surface area (TPSA) is 84.5 Å². The van der Waals surface area contributed by atoms with Crippen LogP contribution in [-0.4, -0.2) is 42.2 Å². The fourth-order valence-corrected chi connectivity index (χ4v) is 1.56. The van der Waals surface area contributed by atoms with Crippen LogP contribution < -0.4 is 34.1 Å². The van der Waals surface area contributed by atoms with E-state index in [0.717, 1.165) is 0 Å². The summed E-state index contributed by atoms with van der Waals surface area (Å²) in [6.07, 6.45) is 0. The molecular formula is C10H14LiN3O4. The van der Waals surface area contributed by atoms with E-state index in [0.29, 0.717) is 32.1 Å². The molecule has 1 aromatic rings. The second-order valence-corrected chi connectivity index (χ2v) is 3.60. The minimum Gasteiger partial charge on any atom is -1.00 e. The number of nitrogens with zero attached hydrogens (tertiary/aromatic N) is 2. The number of carbonyl (C=O) groups excluding carboxylic acids is 1. The largest absolute Gasteiger partial charge is 1.00 e. The average Bonchev–Trinajstić information content (AvgIpc) is 2.28. The van der Waals surface area contributed by atoms with Crippen molar-refractivity contribution in [1.82, 2.24) is 9.97 Å². The van der Waals surface area contributed by atoms with Gasteiger partial charge in [-0.1, -0.05) is 0 Å². The summed E-state index contributed by atoms with van der Waals surface area (Å²) in [5.41, 5.74) is -0.349. The molecule has 1 fully saturated rings. The molecule has 1 saturated heterocycles. The van der Waals surface area contributed by atoms with Crippen LogP contribution in [0, 0.1) is 0 Å². The predicted octanol–water partition coefficient (Wildman–Crippen LogP) is -3.35. The summed E-state index contributed by atoms with van der Waals surface area (Å²) < 4.78 is 9.97. The number of rotatable bonds is 2. The maximum Gasteiger partial charge on any atom is 1.00 e. The number of ether oxygens (including phenoxy) is 2. The molecule has 8 heteroatoms. The molecule has 0 bridgehead atoms. The van der Waals surface area contributed by atoms with Crippen molar-refractivity contribution in [3.05, 3.63) is 16.4 Å². The molecule has 0 saturated carbocycles. The summed E-state index contributed by atoms with van der Waals surface area (Å²) in [5, 5.41) is 0. The first-order valence-corrected chi connectivity index (χ1v) is 5.27. The normalized spacial score (nSPS) is 14.8. The van der Waals surface area contributed by atoms with Gasteiger partial charge in [-0.05, 0) is 0 Å². The third-order valence-corrected chi connectivity index (χ3v) is 2.28. The van der Waals surface area contributed by atoms with Crippen LogP contribution in [0.5, 0.6) is 6.01 Å².